The van der Waals surface area contributed by atoms with Gasteiger partial charge < -0.3 is 4.84 Å². The molecule has 0 rings (SSSR count). The van der Waals surface area contributed by atoms with Gasteiger partial charge >= 0.3 is 0 Å². The van der Waals surface area contributed by atoms with Crippen LogP contribution in [0.15, 0.2) is 0 Å². The molecule has 0 aromatic carbocycles. The van der Waals surface area contributed by atoms with Gasteiger partial charge in [-0.15, -0.1) is 10.1 Å². The van der Waals surface area contributed by atoms with Crippen LogP contribution in [0.2, 0.25) is 0 Å². The Morgan fingerprint density at radius 3 is 2.29 bits per heavy atom. The van der Waals surface area contributed by atoms with Gasteiger partial charge in [-0.05, 0) is 6.92 Å². The Hall–Kier alpha value is 0.304. The van der Waals surface area contributed by atoms with Crippen molar-refractivity contribution in [3.05, 3.63) is 10.1 Å². The molecule has 7 heavy (non-hydrogen) atoms. The van der Waals surface area contributed by atoms with E-state index in [4.69, 9.17) is 0 Å². The molecule has 0 bridgehead atoms. The number of rotatable bonds is 2. The summed E-state index contributed by atoms with van der Waals surface area (Å²) >= 11 is 0. The van der Waals surface area contributed by atoms with Gasteiger partial charge in [-0.2, -0.15) is 0 Å². The van der Waals surface area contributed by atoms with Crippen LogP contribution in [0, 0.1) is 10.1 Å². The molecule has 0 atom stereocenters. The zero-order valence-corrected chi connectivity index (χ0v) is 6.79. The molecule has 0 aliphatic carbocycles. The monoisotopic (exact) mass is 180 g/mol. The van der Waals surface area contributed by atoms with Gasteiger partial charge in [-0.3, -0.25) is 0 Å². The van der Waals surface area contributed by atoms with E-state index < -0.39 is 5.09 Å². The van der Waals surface area contributed by atoms with Crippen LogP contribution in [-0.4, -0.2) is 11.7 Å². The maximum Gasteiger partial charge on any atom is 0.294 e. The van der Waals surface area contributed by atoms with Crippen LogP contribution >= 0.6 is 0 Å². The van der Waals surface area contributed by atoms with Crippen molar-refractivity contribution in [3.8, 4) is 0 Å². The summed E-state index contributed by atoms with van der Waals surface area (Å²) in [6, 6.07) is 0. The fourth-order valence-electron chi connectivity index (χ4n) is 0.105. The van der Waals surface area contributed by atoms with Gasteiger partial charge in [-0.1, -0.05) is 0 Å². The first-order chi connectivity index (χ1) is 2.77. The molecule has 0 heterocycles. The average molecular weight is 180 g/mol. The Balaban J connectivity index is 0. The topological polar surface area (TPSA) is 52.4 Å². The SMILES string of the molecule is CCO[N+](=O)[O-].[Y]. The van der Waals surface area contributed by atoms with E-state index in [0.29, 0.717) is 0 Å². The minimum atomic E-state index is -0.819. The molecule has 39 valence electrons. The molecule has 1 radical (unpaired) electrons. The molecule has 0 amide bonds. The molecular weight excluding hydrogens is 175 g/mol. The van der Waals surface area contributed by atoms with Gasteiger partial charge in [0, 0.05) is 32.7 Å². The van der Waals surface area contributed by atoms with Crippen LogP contribution in [0.5, 0.6) is 0 Å². The molecule has 4 nitrogen and oxygen atoms in total. The number of nitrogens with zero attached hydrogens (tertiary/aromatic N) is 1. The quantitative estimate of drug-likeness (QED) is 0.450. The van der Waals surface area contributed by atoms with Gasteiger partial charge in [0.2, 0.25) is 0 Å². The maximum absolute atomic E-state index is 9.18. The second-order valence-electron chi connectivity index (χ2n) is 0.641. The van der Waals surface area contributed by atoms with Crippen LogP contribution in [0.25, 0.3) is 0 Å². The standard InChI is InChI=1S/C2H5NO3.Y/c1-2-6-3(4)5;/h2H2,1H3;. The molecule has 0 spiro atoms. The zero-order valence-electron chi connectivity index (χ0n) is 3.96. The molecule has 5 heteroatoms. The van der Waals surface area contributed by atoms with Crippen molar-refractivity contribution in [1.82, 2.24) is 0 Å². The second kappa shape index (κ2) is 6.30. The smallest absolute Gasteiger partial charge is 0.294 e. The normalized spacial score (nSPS) is 6.43. The third kappa shape index (κ3) is 10.7. The summed E-state index contributed by atoms with van der Waals surface area (Å²) in [5, 5.41) is 8.36. The Labute approximate surface area is 66.2 Å². The summed E-state index contributed by atoms with van der Waals surface area (Å²) < 4.78 is 0. The zero-order chi connectivity index (χ0) is 4.99. The van der Waals surface area contributed by atoms with Crippen LogP contribution in [-0.2, 0) is 37.5 Å². The van der Waals surface area contributed by atoms with Crippen LogP contribution in [0.1, 0.15) is 6.92 Å². The van der Waals surface area contributed by atoms with E-state index in [2.05, 4.69) is 4.84 Å². The Morgan fingerprint density at radius 1 is 1.86 bits per heavy atom. The summed E-state index contributed by atoms with van der Waals surface area (Å²) in [4.78, 5) is 12.9. The molecule has 0 fully saturated rings. The predicted octanol–water partition coefficient (Wildman–Crippen LogP) is 0.212. The minimum Gasteiger partial charge on any atom is -0.314 e. The van der Waals surface area contributed by atoms with E-state index in [-0.39, 0.29) is 39.3 Å². The van der Waals surface area contributed by atoms with E-state index in [9.17, 15) is 10.1 Å². The summed E-state index contributed by atoms with van der Waals surface area (Å²) in [7, 11) is 0. The van der Waals surface area contributed by atoms with E-state index in [0.717, 1.165) is 0 Å². The van der Waals surface area contributed by atoms with Crippen molar-refractivity contribution in [3.63, 3.8) is 0 Å². The molecule has 0 aromatic heterocycles. The number of hydrogen-bond donors (Lipinski definition) is 0. The molecular formula is C2H5NO3Y. The van der Waals surface area contributed by atoms with Crippen molar-refractivity contribution in [2.75, 3.05) is 6.61 Å². The molecule has 0 unspecified atom stereocenters. The van der Waals surface area contributed by atoms with Gasteiger partial charge in [0.15, 0.2) is 0 Å². The van der Waals surface area contributed by atoms with Gasteiger partial charge in [0.05, 0.1) is 6.61 Å². The molecule has 0 N–H and O–H groups in total. The first kappa shape index (κ1) is 10.3. The molecule has 0 saturated carbocycles. The van der Waals surface area contributed by atoms with Crippen LogP contribution in [0.3, 0.4) is 0 Å². The van der Waals surface area contributed by atoms with Gasteiger partial charge in [-0.25, -0.2) is 0 Å². The maximum atomic E-state index is 9.18. The summed E-state index contributed by atoms with van der Waals surface area (Å²) in [6.07, 6.45) is 0. The van der Waals surface area contributed by atoms with Crippen molar-refractivity contribution in [1.29, 1.82) is 0 Å². The van der Waals surface area contributed by atoms with Gasteiger partial charge in [0.1, 0.15) is 0 Å². The molecule has 0 aliphatic rings. The fraction of sp³-hybridized carbons (Fsp3) is 1.00. The number of hydrogen-bond acceptors (Lipinski definition) is 3. The van der Waals surface area contributed by atoms with Crippen LogP contribution in [0.4, 0.5) is 0 Å². The minimum absolute atomic E-state index is 0. The predicted molar refractivity (Wildman–Crippen MR) is 18.6 cm³/mol. The Bertz CT molecular complexity index is 56.9. The summed E-state index contributed by atoms with van der Waals surface area (Å²) in [5.41, 5.74) is 0. The van der Waals surface area contributed by atoms with Gasteiger partial charge in [0.25, 0.3) is 5.09 Å². The second-order valence-corrected chi connectivity index (χ2v) is 0.641. The molecule has 0 saturated heterocycles. The Kier molecular flexibility index (Phi) is 9.29. The molecule has 0 aromatic rings. The van der Waals surface area contributed by atoms with E-state index in [1.54, 1.807) is 6.92 Å². The van der Waals surface area contributed by atoms with E-state index in [1.165, 1.54) is 0 Å². The Morgan fingerprint density at radius 2 is 2.29 bits per heavy atom. The van der Waals surface area contributed by atoms with Crippen LogP contribution < -0.4 is 0 Å². The first-order valence-electron chi connectivity index (χ1n) is 1.54. The van der Waals surface area contributed by atoms with E-state index >= 15 is 0 Å². The van der Waals surface area contributed by atoms with Crippen molar-refractivity contribution < 1.29 is 42.6 Å². The third-order valence-electron chi connectivity index (χ3n) is 0.235. The van der Waals surface area contributed by atoms with Crippen molar-refractivity contribution in [2.45, 2.75) is 6.92 Å². The summed E-state index contributed by atoms with van der Waals surface area (Å²) in [5.74, 6) is 0. The fourth-order valence-corrected chi connectivity index (χ4v) is 0.105. The van der Waals surface area contributed by atoms with Crippen molar-refractivity contribution >= 4 is 0 Å². The van der Waals surface area contributed by atoms with E-state index in [1.807, 2.05) is 0 Å². The van der Waals surface area contributed by atoms with Crippen molar-refractivity contribution in [2.24, 2.45) is 0 Å². The first-order valence-corrected chi connectivity index (χ1v) is 1.54. The average Bonchev–Trinajstić information content (AvgIpc) is 1.35. The largest absolute Gasteiger partial charge is 0.314 e. The summed E-state index contributed by atoms with van der Waals surface area (Å²) in [6.45, 7) is 1.69. The molecule has 0 aliphatic heterocycles. The third-order valence-corrected chi connectivity index (χ3v) is 0.235.